The second-order valence-electron chi connectivity index (χ2n) is 3.80. The minimum absolute atomic E-state index is 0.850. The fourth-order valence-corrected chi connectivity index (χ4v) is 1.57. The second-order valence-corrected chi connectivity index (χ2v) is 3.80. The van der Waals surface area contributed by atoms with E-state index in [1.54, 1.807) is 0 Å². The Labute approximate surface area is 84.5 Å². The van der Waals surface area contributed by atoms with Gasteiger partial charge in [0.25, 0.3) is 0 Å². The summed E-state index contributed by atoms with van der Waals surface area (Å²) >= 11 is 0. The van der Waals surface area contributed by atoms with Crippen LogP contribution < -0.4 is 4.90 Å². The van der Waals surface area contributed by atoms with Crippen molar-refractivity contribution in [2.45, 2.75) is 19.8 Å². The molecule has 1 fully saturated rings. The number of anilines is 1. The summed E-state index contributed by atoms with van der Waals surface area (Å²) in [6, 6.07) is 0. The normalized spacial score (nSPS) is 17.2. The Balaban J connectivity index is 2.08. The smallest absolute Gasteiger partial charge is 0.225 e. The molecule has 0 spiro atoms. The molecule has 0 N–H and O–H groups in total. The first kappa shape index (κ1) is 9.19. The number of hydrogen-bond acceptors (Lipinski definition) is 3. The predicted octanol–water partition coefficient (Wildman–Crippen LogP) is 1.94. The quantitative estimate of drug-likeness (QED) is 0.632. The Bertz CT molecular complexity index is 319. The van der Waals surface area contributed by atoms with E-state index in [1.165, 1.54) is 5.57 Å². The molecular weight excluding hydrogens is 174 g/mol. The van der Waals surface area contributed by atoms with Gasteiger partial charge in [0.2, 0.25) is 5.95 Å². The highest BCUT2D eigenvalue weighted by molar-refractivity contribution is 5.32. The fraction of sp³-hybridized carbons (Fsp3) is 0.455. The highest BCUT2D eigenvalue weighted by atomic mass is 15.2. The molecule has 1 aromatic rings. The van der Waals surface area contributed by atoms with Crippen LogP contribution in [-0.2, 0) is 0 Å². The van der Waals surface area contributed by atoms with Crippen LogP contribution in [0.3, 0.4) is 0 Å². The van der Waals surface area contributed by atoms with Crippen LogP contribution in [0, 0.1) is 6.92 Å². The van der Waals surface area contributed by atoms with Gasteiger partial charge in [-0.3, -0.25) is 0 Å². The van der Waals surface area contributed by atoms with Crippen LogP contribution in [0.2, 0.25) is 0 Å². The lowest BCUT2D eigenvalue weighted by Crippen LogP contribution is -2.31. The van der Waals surface area contributed by atoms with Gasteiger partial charge in [-0.1, -0.05) is 12.2 Å². The third kappa shape index (κ3) is 1.92. The summed E-state index contributed by atoms with van der Waals surface area (Å²) < 4.78 is 0. The molecule has 3 heteroatoms. The van der Waals surface area contributed by atoms with E-state index in [1.807, 2.05) is 19.3 Å². The van der Waals surface area contributed by atoms with Crippen LogP contribution >= 0.6 is 0 Å². The molecule has 1 aliphatic heterocycles. The largest absolute Gasteiger partial charge is 0.340 e. The predicted molar refractivity (Wildman–Crippen MR) is 57.4 cm³/mol. The van der Waals surface area contributed by atoms with E-state index in [9.17, 15) is 0 Å². The van der Waals surface area contributed by atoms with Crippen molar-refractivity contribution in [1.29, 1.82) is 0 Å². The maximum Gasteiger partial charge on any atom is 0.225 e. The first-order valence-electron chi connectivity index (χ1n) is 4.96. The fourth-order valence-electron chi connectivity index (χ4n) is 1.57. The van der Waals surface area contributed by atoms with E-state index in [-0.39, 0.29) is 0 Å². The summed E-state index contributed by atoms with van der Waals surface area (Å²) in [4.78, 5) is 10.8. The van der Waals surface area contributed by atoms with Crippen molar-refractivity contribution in [2.24, 2.45) is 0 Å². The lowest BCUT2D eigenvalue weighted by molar-refractivity contribution is 0.669. The molecule has 1 aliphatic rings. The number of hydrogen-bond donors (Lipinski definition) is 0. The van der Waals surface area contributed by atoms with Gasteiger partial charge in [0.05, 0.1) is 0 Å². The van der Waals surface area contributed by atoms with Crippen LogP contribution in [-0.4, -0.2) is 23.1 Å². The van der Waals surface area contributed by atoms with E-state index in [4.69, 9.17) is 0 Å². The zero-order valence-electron chi connectivity index (χ0n) is 8.53. The molecule has 0 aromatic carbocycles. The number of aryl methyl sites for hydroxylation is 1. The van der Waals surface area contributed by atoms with Crippen molar-refractivity contribution in [2.75, 3.05) is 18.0 Å². The van der Waals surface area contributed by atoms with Crippen LogP contribution in [0.15, 0.2) is 24.5 Å². The first-order chi connectivity index (χ1) is 6.75. The van der Waals surface area contributed by atoms with Gasteiger partial charge in [-0.25, -0.2) is 9.97 Å². The lowest BCUT2D eigenvalue weighted by atomic mass is 10.1. The van der Waals surface area contributed by atoms with Crippen LogP contribution in [0.5, 0.6) is 0 Å². The van der Waals surface area contributed by atoms with Gasteiger partial charge in [0, 0.05) is 25.5 Å². The second kappa shape index (κ2) is 3.78. The highest BCUT2D eigenvalue weighted by Crippen LogP contribution is 2.17. The van der Waals surface area contributed by atoms with E-state index in [0.29, 0.717) is 0 Å². The number of aromatic nitrogens is 2. The molecule has 1 aromatic heterocycles. The van der Waals surface area contributed by atoms with Crippen LogP contribution in [0.4, 0.5) is 5.95 Å². The minimum atomic E-state index is 0.850. The molecule has 3 nitrogen and oxygen atoms in total. The van der Waals surface area contributed by atoms with Gasteiger partial charge in [-0.15, -0.1) is 0 Å². The molecule has 74 valence electrons. The third-order valence-corrected chi connectivity index (χ3v) is 2.52. The first-order valence-corrected chi connectivity index (χ1v) is 4.96. The highest BCUT2D eigenvalue weighted by Gasteiger charge is 2.14. The van der Waals surface area contributed by atoms with Gasteiger partial charge in [0.1, 0.15) is 0 Å². The van der Waals surface area contributed by atoms with Gasteiger partial charge >= 0.3 is 0 Å². The van der Waals surface area contributed by atoms with Crippen molar-refractivity contribution in [3.05, 3.63) is 30.1 Å². The molecule has 0 atom stereocenters. The molecule has 1 saturated heterocycles. The number of rotatable bonds is 1. The Morgan fingerprint density at radius 3 is 2.36 bits per heavy atom. The molecule has 0 unspecified atom stereocenters. The van der Waals surface area contributed by atoms with E-state index >= 15 is 0 Å². The maximum absolute atomic E-state index is 4.31. The lowest BCUT2D eigenvalue weighted by Gasteiger charge is -2.27. The van der Waals surface area contributed by atoms with Gasteiger partial charge in [0.15, 0.2) is 0 Å². The van der Waals surface area contributed by atoms with Crippen molar-refractivity contribution in [3.63, 3.8) is 0 Å². The molecule has 2 heterocycles. The molecule has 0 saturated carbocycles. The average Bonchev–Trinajstić information content (AvgIpc) is 2.21. The van der Waals surface area contributed by atoms with E-state index in [0.717, 1.165) is 37.4 Å². The standard InChI is InChI=1S/C11H15N3/c1-9-3-5-14(6-4-9)11-12-7-10(2)8-13-11/h7-8H,1,3-6H2,2H3. The Hall–Kier alpha value is -1.38. The summed E-state index contributed by atoms with van der Waals surface area (Å²) in [5.74, 6) is 0.850. The Morgan fingerprint density at radius 1 is 1.21 bits per heavy atom. The Kier molecular flexibility index (Phi) is 2.48. The summed E-state index contributed by atoms with van der Waals surface area (Å²) in [7, 11) is 0. The summed E-state index contributed by atoms with van der Waals surface area (Å²) in [6.45, 7) is 7.99. The van der Waals surface area contributed by atoms with Crippen molar-refractivity contribution < 1.29 is 0 Å². The minimum Gasteiger partial charge on any atom is -0.340 e. The Morgan fingerprint density at radius 2 is 1.79 bits per heavy atom. The van der Waals surface area contributed by atoms with Crippen LogP contribution in [0.1, 0.15) is 18.4 Å². The van der Waals surface area contributed by atoms with Crippen LogP contribution in [0.25, 0.3) is 0 Å². The zero-order chi connectivity index (χ0) is 9.97. The van der Waals surface area contributed by atoms with Gasteiger partial charge in [-0.05, 0) is 25.3 Å². The summed E-state index contributed by atoms with van der Waals surface area (Å²) in [5.41, 5.74) is 2.45. The zero-order valence-corrected chi connectivity index (χ0v) is 8.53. The van der Waals surface area contributed by atoms with E-state index < -0.39 is 0 Å². The van der Waals surface area contributed by atoms with Crippen molar-refractivity contribution in [1.82, 2.24) is 9.97 Å². The molecule has 0 radical (unpaired) electrons. The van der Waals surface area contributed by atoms with Gasteiger partial charge < -0.3 is 4.90 Å². The molecule has 0 bridgehead atoms. The average molecular weight is 189 g/mol. The maximum atomic E-state index is 4.31. The van der Waals surface area contributed by atoms with Crippen molar-refractivity contribution in [3.8, 4) is 0 Å². The molecule has 0 aliphatic carbocycles. The molecule has 14 heavy (non-hydrogen) atoms. The molecule has 2 rings (SSSR count). The van der Waals surface area contributed by atoms with Gasteiger partial charge in [-0.2, -0.15) is 0 Å². The molecular formula is C11H15N3. The monoisotopic (exact) mass is 189 g/mol. The van der Waals surface area contributed by atoms with Crippen molar-refractivity contribution >= 4 is 5.95 Å². The van der Waals surface area contributed by atoms with E-state index in [2.05, 4.69) is 21.4 Å². The topological polar surface area (TPSA) is 29.0 Å². The third-order valence-electron chi connectivity index (χ3n) is 2.52. The number of nitrogens with zero attached hydrogens (tertiary/aromatic N) is 3. The summed E-state index contributed by atoms with van der Waals surface area (Å²) in [6.07, 6.45) is 5.87. The summed E-state index contributed by atoms with van der Waals surface area (Å²) in [5, 5.41) is 0. The number of piperidine rings is 1. The molecule has 0 amide bonds. The SMILES string of the molecule is C=C1CCN(c2ncc(C)cn2)CC1.